The van der Waals surface area contributed by atoms with Crippen LogP contribution < -0.4 is 5.32 Å². The highest BCUT2D eigenvalue weighted by Gasteiger charge is 2.35. The van der Waals surface area contributed by atoms with Crippen molar-refractivity contribution in [3.8, 4) is 0 Å². The summed E-state index contributed by atoms with van der Waals surface area (Å²) < 4.78 is 30.9. The van der Waals surface area contributed by atoms with E-state index in [9.17, 15) is 13.2 Å². The molecule has 0 aliphatic rings. The number of rotatable bonds is 6. The molecule has 0 aromatic heterocycles. The van der Waals surface area contributed by atoms with Gasteiger partial charge in [-0.3, -0.25) is 9.35 Å². The molecule has 1 atom stereocenters. The quantitative estimate of drug-likeness (QED) is 0.738. The Bertz CT molecular complexity index is 433. The van der Waals surface area contributed by atoms with Crippen LogP contribution in [0.15, 0.2) is 0 Å². The Kier molecular flexibility index (Phi) is 6.23. The molecule has 0 rings (SSSR count). The van der Waals surface area contributed by atoms with Crippen molar-refractivity contribution in [1.29, 1.82) is 0 Å². The number of hydrogen-bond donors (Lipinski definition) is 2. The summed E-state index contributed by atoms with van der Waals surface area (Å²) >= 11 is 0. The van der Waals surface area contributed by atoms with Crippen LogP contribution >= 0.6 is 0 Å². The first kappa shape index (κ1) is 19.4. The number of hydrogen-bond acceptors (Lipinski definition) is 3. The van der Waals surface area contributed by atoms with Crippen LogP contribution in [0.3, 0.4) is 0 Å². The molecule has 1 amide bonds. The molecule has 2 N–H and O–H groups in total. The van der Waals surface area contributed by atoms with E-state index in [4.69, 9.17) is 4.55 Å². The molecule has 5 nitrogen and oxygen atoms in total. The second-order valence-electron chi connectivity index (χ2n) is 7.65. The number of carbonyl (C=O) groups excluding carboxylic acids is 1. The van der Waals surface area contributed by atoms with Crippen LogP contribution in [0.1, 0.15) is 54.9 Å². The maximum absolute atomic E-state index is 12.4. The second kappa shape index (κ2) is 6.43. The molecule has 0 aromatic rings. The molecule has 0 spiro atoms. The lowest BCUT2D eigenvalue weighted by molar-refractivity contribution is -0.130. The van der Waals surface area contributed by atoms with Crippen LogP contribution in [0.25, 0.3) is 0 Å². The third-order valence-corrected chi connectivity index (χ3v) is 4.16. The average molecular weight is 307 g/mol. The van der Waals surface area contributed by atoms with Gasteiger partial charge in [0, 0.05) is 5.92 Å². The van der Waals surface area contributed by atoms with Gasteiger partial charge in [-0.05, 0) is 31.6 Å². The Morgan fingerprint density at radius 2 is 1.60 bits per heavy atom. The van der Waals surface area contributed by atoms with Gasteiger partial charge in [-0.2, -0.15) is 8.42 Å². The predicted molar refractivity (Wildman–Crippen MR) is 81.0 cm³/mol. The number of amides is 1. The molecule has 0 radical (unpaired) electrons. The lowest BCUT2D eigenvalue weighted by atomic mass is 9.75. The summed E-state index contributed by atoms with van der Waals surface area (Å²) in [5, 5.41) is 2.75. The predicted octanol–water partition coefficient (Wildman–Crippen LogP) is 2.48. The highest BCUT2D eigenvalue weighted by molar-refractivity contribution is 7.85. The molecule has 0 heterocycles. The van der Waals surface area contributed by atoms with Crippen LogP contribution in [0.5, 0.6) is 0 Å². The van der Waals surface area contributed by atoms with Crippen LogP contribution in [-0.4, -0.2) is 30.2 Å². The monoisotopic (exact) mass is 307 g/mol. The summed E-state index contributed by atoms with van der Waals surface area (Å²) in [6.45, 7) is 13.3. The van der Waals surface area contributed by atoms with Gasteiger partial charge >= 0.3 is 0 Å². The summed E-state index contributed by atoms with van der Waals surface area (Å²) in [7, 11) is -4.13. The highest BCUT2D eigenvalue weighted by atomic mass is 32.2. The first-order valence-corrected chi connectivity index (χ1v) is 8.52. The third-order valence-electron chi connectivity index (χ3n) is 3.07. The van der Waals surface area contributed by atoms with Crippen molar-refractivity contribution in [1.82, 2.24) is 5.32 Å². The minimum absolute atomic E-state index is 0.167. The van der Waals surface area contributed by atoms with Crippen molar-refractivity contribution in [3.05, 3.63) is 0 Å². The molecule has 0 aliphatic heterocycles. The zero-order valence-electron chi connectivity index (χ0n) is 13.6. The smallest absolute Gasteiger partial charge is 0.267 e. The van der Waals surface area contributed by atoms with Gasteiger partial charge < -0.3 is 5.32 Å². The lowest BCUT2D eigenvalue weighted by Crippen LogP contribution is -2.52. The van der Waals surface area contributed by atoms with Gasteiger partial charge in [0.05, 0.1) is 11.3 Å². The normalized spacial score (nSPS) is 15.2. The van der Waals surface area contributed by atoms with Crippen LogP contribution in [-0.2, 0) is 14.9 Å². The van der Waals surface area contributed by atoms with Gasteiger partial charge in [0.1, 0.15) is 0 Å². The SMILES string of the molecule is CC(C)CC(C(=O)NC(C)(C)CS(=O)(=O)O)C(C)(C)C. The van der Waals surface area contributed by atoms with E-state index in [-0.39, 0.29) is 17.2 Å². The molecular weight excluding hydrogens is 278 g/mol. The zero-order valence-corrected chi connectivity index (χ0v) is 14.5. The minimum atomic E-state index is -4.13. The highest BCUT2D eigenvalue weighted by Crippen LogP contribution is 2.32. The van der Waals surface area contributed by atoms with Crippen molar-refractivity contribution in [2.24, 2.45) is 17.3 Å². The minimum Gasteiger partial charge on any atom is -0.350 e. The Morgan fingerprint density at radius 3 is 1.90 bits per heavy atom. The molecule has 120 valence electrons. The van der Waals surface area contributed by atoms with E-state index in [0.717, 1.165) is 6.42 Å². The molecule has 6 heteroatoms. The van der Waals surface area contributed by atoms with Crippen molar-refractivity contribution < 1.29 is 17.8 Å². The molecule has 0 aliphatic carbocycles. The topological polar surface area (TPSA) is 83.5 Å². The summed E-state index contributed by atoms with van der Waals surface area (Å²) in [4.78, 5) is 12.4. The maximum Gasteiger partial charge on any atom is 0.267 e. The van der Waals surface area contributed by atoms with Gasteiger partial charge in [0.15, 0.2) is 0 Å². The Hall–Kier alpha value is -0.620. The summed E-state index contributed by atoms with van der Waals surface area (Å²) in [5.41, 5.74) is -1.20. The van der Waals surface area contributed by atoms with Crippen LogP contribution in [0.2, 0.25) is 0 Å². The van der Waals surface area contributed by atoms with Gasteiger partial charge in [0.25, 0.3) is 10.1 Å². The Morgan fingerprint density at radius 1 is 1.15 bits per heavy atom. The first-order valence-electron chi connectivity index (χ1n) is 6.91. The summed E-state index contributed by atoms with van der Waals surface area (Å²) in [6, 6.07) is 0. The van der Waals surface area contributed by atoms with Gasteiger partial charge in [0.2, 0.25) is 5.91 Å². The van der Waals surface area contributed by atoms with Crippen molar-refractivity contribution in [2.45, 2.75) is 60.4 Å². The van der Waals surface area contributed by atoms with Crippen molar-refractivity contribution >= 4 is 16.0 Å². The average Bonchev–Trinajstić information content (AvgIpc) is 2.06. The van der Waals surface area contributed by atoms with Gasteiger partial charge in [-0.15, -0.1) is 0 Å². The van der Waals surface area contributed by atoms with Crippen molar-refractivity contribution in [3.63, 3.8) is 0 Å². The van der Waals surface area contributed by atoms with Gasteiger partial charge in [-0.25, -0.2) is 0 Å². The van der Waals surface area contributed by atoms with E-state index < -0.39 is 21.4 Å². The molecule has 0 aromatic carbocycles. The fourth-order valence-corrected chi connectivity index (χ4v) is 3.22. The zero-order chi connectivity index (χ0) is 16.4. The number of nitrogens with one attached hydrogen (secondary N) is 1. The maximum atomic E-state index is 12.4. The molecule has 1 unspecified atom stereocenters. The number of carbonyl (C=O) groups is 1. The van der Waals surface area contributed by atoms with Gasteiger partial charge in [-0.1, -0.05) is 34.6 Å². The Labute approximate surface area is 123 Å². The fourth-order valence-electron chi connectivity index (χ4n) is 2.24. The fraction of sp³-hybridized carbons (Fsp3) is 0.929. The molecule has 0 fully saturated rings. The van der Waals surface area contributed by atoms with E-state index in [1.807, 2.05) is 20.8 Å². The molecule has 0 saturated heterocycles. The summed E-state index contributed by atoms with van der Waals surface area (Å²) in [6.07, 6.45) is 0.733. The molecule has 0 saturated carbocycles. The summed E-state index contributed by atoms with van der Waals surface area (Å²) in [5.74, 6) is -0.498. The molecule has 20 heavy (non-hydrogen) atoms. The second-order valence-corrected chi connectivity index (χ2v) is 9.10. The van der Waals surface area contributed by atoms with Crippen molar-refractivity contribution in [2.75, 3.05) is 5.75 Å². The van der Waals surface area contributed by atoms with E-state index in [0.29, 0.717) is 5.92 Å². The van der Waals surface area contributed by atoms with E-state index >= 15 is 0 Å². The molecular formula is C14H29NO4S. The Balaban J connectivity index is 5.02. The first-order chi connectivity index (χ1) is 8.64. The van der Waals surface area contributed by atoms with E-state index in [2.05, 4.69) is 19.2 Å². The van der Waals surface area contributed by atoms with Crippen LogP contribution in [0.4, 0.5) is 0 Å². The van der Waals surface area contributed by atoms with Crippen LogP contribution in [0, 0.1) is 17.3 Å². The largest absolute Gasteiger partial charge is 0.350 e. The third kappa shape index (κ3) is 7.85. The van der Waals surface area contributed by atoms with E-state index in [1.54, 1.807) is 13.8 Å². The molecule has 0 bridgehead atoms. The standard InChI is InChI=1S/C14H29NO4S/c1-10(2)8-11(13(3,4)5)12(16)15-14(6,7)9-20(17,18)19/h10-11H,8-9H2,1-7H3,(H,15,16)(H,17,18,19). The lowest BCUT2D eigenvalue weighted by Gasteiger charge is -2.34. The van der Waals surface area contributed by atoms with E-state index in [1.165, 1.54) is 0 Å².